The summed E-state index contributed by atoms with van der Waals surface area (Å²) < 4.78 is 15.3. The Morgan fingerprint density at radius 3 is 2.00 bits per heavy atom. The number of rotatable bonds is 4. The molecule has 0 amide bonds. The maximum absolute atomic E-state index is 6.66. The minimum atomic E-state index is 0.843. The van der Waals surface area contributed by atoms with Gasteiger partial charge in [0.05, 0.1) is 11.0 Å². The van der Waals surface area contributed by atoms with Gasteiger partial charge in [-0.1, -0.05) is 84.9 Å². The zero-order chi connectivity index (χ0) is 32.8. The third-order valence-electron chi connectivity index (χ3n) is 10.1. The highest BCUT2D eigenvalue weighted by atomic mass is 16.5. The van der Waals surface area contributed by atoms with E-state index in [-0.39, 0.29) is 0 Å². The lowest BCUT2D eigenvalue weighted by molar-refractivity contribution is 0.487. The van der Waals surface area contributed by atoms with Gasteiger partial charge in [-0.3, -0.25) is 0 Å². The van der Waals surface area contributed by atoms with Gasteiger partial charge in [-0.25, -0.2) is 0 Å². The first-order chi connectivity index (χ1) is 24.8. The van der Waals surface area contributed by atoms with Crippen LogP contribution in [-0.2, 0) is 0 Å². The SMILES string of the molecule is c1ccc(-n2c3ccccc3c3cc(N(c4ccc5c(c4)Oc4cccc6cccc-5c46)c4ccc5oc6ccccc6c5c4)ccc32)cc1. The van der Waals surface area contributed by atoms with Gasteiger partial charge in [-0.15, -0.1) is 0 Å². The lowest BCUT2D eigenvalue weighted by Gasteiger charge is -2.28. The smallest absolute Gasteiger partial charge is 0.137 e. The number of hydrogen-bond donors (Lipinski definition) is 0. The predicted octanol–water partition coefficient (Wildman–Crippen LogP) is 13.1. The van der Waals surface area contributed by atoms with Gasteiger partial charge in [-0.2, -0.15) is 0 Å². The summed E-state index contributed by atoms with van der Waals surface area (Å²) in [5.74, 6) is 1.73. The first-order valence-corrected chi connectivity index (χ1v) is 16.9. The Hall–Kier alpha value is -6.78. The largest absolute Gasteiger partial charge is 0.456 e. The van der Waals surface area contributed by atoms with Gasteiger partial charge in [0.15, 0.2) is 0 Å². The fourth-order valence-corrected chi connectivity index (χ4v) is 7.95. The summed E-state index contributed by atoms with van der Waals surface area (Å²) in [7, 11) is 0. The topological polar surface area (TPSA) is 30.5 Å². The first kappa shape index (κ1) is 27.2. The molecule has 0 fully saturated rings. The van der Waals surface area contributed by atoms with Gasteiger partial charge in [0.1, 0.15) is 22.7 Å². The highest BCUT2D eigenvalue weighted by Gasteiger charge is 2.23. The Morgan fingerprint density at radius 2 is 1.10 bits per heavy atom. The van der Waals surface area contributed by atoms with Gasteiger partial charge in [0, 0.05) is 61.3 Å². The monoisotopic (exact) mass is 640 g/mol. The number of benzene rings is 8. The summed E-state index contributed by atoms with van der Waals surface area (Å²) in [5.41, 5.74) is 10.6. The third kappa shape index (κ3) is 3.93. The van der Waals surface area contributed by atoms with Crippen molar-refractivity contribution in [3.8, 4) is 28.3 Å². The molecule has 0 bridgehead atoms. The molecule has 50 heavy (non-hydrogen) atoms. The molecule has 1 aliphatic heterocycles. The Kier molecular flexibility index (Phi) is 5.63. The quantitative estimate of drug-likeness (QED) is 0.192. The van der Waals surface area contributed by atoms with Crippen LogP contribution in [0.25, 0.3) is 71.3 Å². The van der Waals surface area contributed by atoms with Gasteiger partial charge >= 0.3 is 0 Å². The van der Waals surface area contributed by atoms with E-state index in [1.807, 2.05) is 12.1 Å². The van der Waals surface area contributed by atoms with Crippen LogP contribution in [0.2, 0.25) is 0 Å². The average molecular weight is 641 g/mol. The molecular formula is C46H28N2O2. The van der Waals surface area contributed by atoms with Crippen molar-refractivity contribution >= 4 is 71.6 Å². The second-order valence-corrected chi connectivity index (χ2v) is 12.9. The van der Waals surface area contributed by atoms with E-state index in [4.69, 9.17) is 9.15 Å². The van der Waals surface area contributed by atoms with E-state index in [0.717, 1.165) is 72.7 Å². The molecule has 1 aliphatic rings. The van der Waals surface area contributed by atoms with Gasteiger partial charge in [0.25, 0.3) is 0 Å². The van der Waals surface area contributed by atoms with Gasteiger partial charge < -0.3 is 18.6 Å². The number of para-hydroxylation sites is 3. The minimum absolute atomic E-state index is 0.843. The second kappa shape index (κ2) is 10.4. The molecule has 0 radical (unpaired) electrons. The lowest BCUT2D eigenvalue weighted by atomic mass is 9.94. The van der Waals surface area contributed by atoms with Crippen LogP contribution in [-0.4, -0.2) is 4.57 Å². The Morgan fingerprint density at radius 1 is 0.420 bits per heavy atom. The fourth-order valence-electron chi connectivity index (χ4n) is 7.95. The number of fused-ring (bicyclic) bond motifs is 8. The maximum Gasteiger partial charge on any atom is 0.137 e. The zero-order valence-corrected chi connectivity index (χ0v) is 26.9. The molecule has 4 nitrogen and oxygen atoms in total. The van der Waals surface area contributed by atoms with Gasteiger partial charge in [-0.05, 0) is 89.8 Å². The molecule has 11 rings (SSSR count). The van der Waals surface area contributed by atoms with Crippen molar-refractivity contribution in [3.05, 3.63) is 170 Å². The molecule has 0 aliphatic carbocycles. The van der Waals surface area contributed by atoms with Crippen LogP contribution in [0.1, 0.15) is 0 Å². The fraction of sp³-hybridized carbons (Fsp3) is 0. The van der Waals surface area contributed by atoms with E-state index in [9.17, 15) is 0 Å². The molecule has 4 heteroatoms. The number of aromatic nitrogens is 1. The van der Waals surface area contributed by atoms with E-state index in [1.165, 1.54) is 27.2 Å². The number of nitrogens with zero attached hydrogens (tertiary/aromatic N) is 2. The summed E-state index contributed by atoms with van der Waals surface area (Å²) in [6.07, 6.45) is 0. The van der Waals surface area contributed by atoms with Crippen molar-refractivity contribution in [2.45, 2.75) is 0 Å². The first-order valence-electron chi connectivity index (χ1n) is 16.9. The van der Waals surface area contributed by atoms with Crippen LogP contribution in [0.4, 0.5) is 17.1 Å². The summed E-state index contributed by atoms with van der Waals surface area (Å²) in [4.78, 5) is 2.33. The van der Waals surface area contributed by atoms with Crippen LogP contribution in [0.5, 0.6) is 11.5 Å². The summed E-state index contributed by atoms with van der Waals surface area (Å²) >= 11 is 0. The molecule has 2 aromatic heterocycles. The van der Waals surface area contributed by atoms with Crippen molar-refractivity contribution in [1.82, 2.24) is 4.57 Å². The van der Waals surface area contributed by atoms with E-state index in [2.05, 4.69) is 167 Å². The Labute approximate surface area is 287 Å². The van der Waals surface area contributed by atoms with Crippen LogP contribution in [0.15, 0.2) is 174 Å². The molecule has 3 heterocycles. The molecular weight excluding hydrogens is 613 g/mol. The normalized spacial score (nSPS) is 12.2. The van der Waals surface area contributed by atoms with E-state index >= 15 is 0 Å². The maximum atomic E-state index is 6.66. The van der Waals surface area contributed by atoms with E-state index < -0.39 is 0 Å². The molecule has 0 N–H and O–H groups in total. The average Bonchev–Trinajstić information content (AvgIpc) is 3.71. The molecule has 0 saturated heterocycles. The van der Waals surface area contributed by atoms with Crippen LogP contribution in [0.3, 0.4) is 0 Å². The molecule has 234 valence electrons. The molecule has 10 aromatic rings. The summed E-state index contributed by atoms with van der Waals surface area (Å²) in [6.45, 7) is 0. The minimum Gasteiger partial charge on any atom is -0.456 e. The van der Waals surface area contributed by atoms with Crippen molar-refractivity contribution in [3.63, 3.8) is 0 Å². The molecule has 0 atom stereocenters. The highest BCUT2D eigenvalue weighted by Crippen LogP contribution is 2.49. The zero-order valence-electron chi connectivity index (χ0n) is 26.9. The summed E-state index contributed by atoms with van der Waals surface area (Å²) in [6, 6.07) is 60.1. The Bertz CT molecular complexity index is 2970. The molecule has 8 aromatic carbocycles. The van der Waals surface area contributed by atoms with Crippen LogP contribution in [0, 0.1) is 0 Å². The van der Waals surface area contributed by atoms with Gasteiger partial charge in [0.2, 0.25) is 0 Å². The number of hydrogen-bond acceptors (Lipinski definition) is 3. The molecule has 0 saturated carbocycles. The van der Waals surface area contributed by atoms with E-state index in [0.29, 0.717) is 0 Å². The molecule has 0 spiro atoms. The number of furan rings is 1. The standard InChI is InChI=1S/C46H28N2O2/c1-2-12-30(13-3-1)48-40-17-6-4-14-34(40)38-26-31(21-24-41(38)48)47(32-22-25-43-39(27-32)35-15-5-7-18-42(35)49-43)33-20-23-36-37-16-8-10-29-11-9-19-44(46(29)37)50-45(36)28-33/h1-28H. The van der Waals surface area contributed by atoms with Crippen molar-refractivity contribution < 1.29 is 9.15 Å². The molecule has 0 unspecified atom stereocenters. The van der Waals surface area contributed by atoms with Crippen LogP contribution >= 0.6 is 0 Å². The van der Waals surface area contributed by atoms with Crippen molar-refractivity contribution in [2.75, 3.05) is 4.90 Å². The van der Waals surface area contributed by atoms with E-state index in [1.54, 1.807) is 0 Å². The van der Waals surface area contributed by atoms with Crippen molar-refractivity contribution in [1.29, 1.82) is 0 Å². The number of anilines is 3. The van der Waals surface area contributed by atoms with Crippen molar-refractivity contribution in [2.24, 2.45) is 0 Å². The predicted molar refractivity (Wildman–Crippen MR) is 206 cm³/mol. The third-order valence-corrected chi connectivity index (χ3v) is 10.1. The lowest BCUT2D eigenvalue weighted by Crippen LogP contribution is -2.10. The second-order valence-electron chi connectivity index (χ2n) is 12.9. The number of ether oxygens (including phenoxy) is 1. The van der Waals surface area contributed by atoms with Crippen LogP contribution < -0.4 is 9.64 Å². The highest BCUT2D eigenvalue weighted by molar-refractivity contribution is 6.11. The summed E-state index contributed by atoms with van der Waals surface area (Å²) in [5, 5.41) is 6.92. The Balaban J connectivity index is 1.15.